The lowest BCUT2D eigenvalue weighted by Gasteiger charge is -2.34. The summed E-state index contributed by atoms with van der Waals surface area (Å²) >= 11 is 6.23. The number of ether oxygens (including phenoxy) is 1. The summed E-state index contributed by atoms with van der Waals surface area (Å²) in [6.07, 6.45) is 0.947. The molecule has 0 spiro atoms. The van der Waals surface area contributed by atoms with Crippen LogP contribution < -0.4 is 5.32 Å². The highest BCUT2D eigenvalue weighted by Crippen LogP contribution is 2.28. The molecule has 1 N–H and O–H groups in total. The van der Waals surface area contributed by atoms with E-state index in [9.17, 15) is 13.2 Å². The molecule has 32 heavy (non-hydrogen) atoms. The Balaban J connectivity index is 1.59. The molecular weight excluding hydrogens is 456 g/mol. The highest BCUT2D eigenvalue weighted by molar-refractivity contribution is 7.89. The predicted molar refractivity (Wildman–Crippen MR) is 117 cm³/mol. The van der Waals surface area contributed by atoms with Crippen LogP contribution in [-0.2, 0) is 14.8 Å². The number of aromatic nitrogens is 4. The first-order chi connectivity index (χ1) is 15.2. The van der Waals surface area contributed by atoms with Gasteiger partial charge < -0.3 is 10.1 Å². The molecule has 1 aromatic heterocycles. The average molecular weight is 477 g/mol. The van der Waals surface area contributed by atoms with Crippen LogP contribution >= 0.6 is 11.6 Å². The van der Waals surface area contributed by atoms with Gasteiger partial charge >= 0.3 is 0 Å². The summed E-state index contributed by atoms with van der Waals surface area (Å²) in [5.74, 6) is -0.476. The number of tetrazole rings is 1. The van der Waals surface area contributed by atoms with Gasteiger partial charge in [0.05, 0.1) is 22.9 Å². The summed E-state index contributed by atoms with van der Waals surface area (Å²) in [5.41, 5.74) is 1.32. The van der Waals surface area contributed by atoms with Crippen molar-refractivity contribution in [2.45, 2.75) is 31.0 Å². The lowest BCUT2D eigenvalue weighted by atomic mass is 10.2. The van der Waals surface area contributed by atoms with Crippen molar-refractivity contribution >= 4 is 33.2 Å². The second-order valence-corrected chi connectivity index (χ2v) is 9.80. The molecule has 168 valence electrons. The van der Waals surface area contributed by atoms with Gasteiger partial charge in [-0.15, -0.1) is 5.10 Å². The number of carbonyl (C=O) groups excluding carboxylic acids is 1. The summed E-state index contributed by atoms with van der Waals surface area (Å²) in [6, 6.07) is 11.1. The van der Waals surface area contributed by atoms with Crippen LogP contribution in [0.25, 0.3) is 5.69 Å². The van der Waals surface area contributed by atoms with E-state index in [1.165, 1.54) is 33.5 Å². The molecule has 3 aromatic rings. The summed E-state index contributed by atoms with van der Waals surface area (Å²) in [4.78, 5) is 12.7. The molecule has 12 heteroatoms. The fourth-order valence-corrected chi connectivity index (χ4v) is 5.61. The standard InChI is InChI=1S/C20H21ClN6O4S/c1-13-10-26(11-14(2)31-13)32(29,30)19-8-15(6-7-18(19)21)20(28)23-16-4-3-5-17(9-16)27-12-22-24-25-27/h3-9,12-14H,10-11H2,1-2H3,(H,23,28). The zero-order valence-corrected chi connectivity index (χ0v) is 18.9. The number of nitrogens with one attached hydrogen (secondary N) is 1. The minimum Gasteiger partial charge on any atom is -0.373 e. The van der Waals surface area contributed by atoms with Gasteiger partial charge in [0, 0.05) is 24.3 Å². The lowest BCUT2D eigenvalue weighted by molar-refractivity contribution is -0.0440. The number of benzene rings is 2. The molecule has 0 bridgehead atoms. The third kappa shape index (κ3) is 4.65. The SMILES string of the molecule is CC1CN(S(=O)(=O)c2cc(C(=O)Nc3cccc(-n4cnnn4)c3)ccc2Cl)CC(C)O1. The van der Waals surface area contributed by atoms with Crippen molar-refractivity contribution in [2.75, 3.05) is 18.4 Å². The monoisotopic (exact) mass is 476 g/mol. The Morgan fingerprint density at radius 2 is 1.91 bits per heavy atom. The topological polar surface area (TPSA) is 119 Å². The molecule has 1 aliphatic rings. The van der Waals surface area contributed by atoms with Crippen LogP contribution in [0.3, 0.4) is 0 Å². The van der Waals surface area contributed by atoms with Crippen molar-refractivity contribution in [1.82, 2.24) is 24.5 Å². The molecule has 4 rings (SSSR count). The summed E-state index contributed by atoms with van der Waals surface area (Å²) < 4.78 is 34.9. The Morgan fingerprint density at radius 3 is 2.59 bits per heavy atom. The number of hydrogen-bond acceptors (Lipinski definition) is 7. The molecule has 1 amide bonds. The molecule has 1 fully saturated rings. The van der Waals surface area contributed by atoms with Crippen LogP contribution in [0, 0.1) is 0 Å². The smallest absolute Gasteiger partial charge is 0.255 e. The third-order valence-electron chi connectivity index (χ3n) is 4.91. The minimum atomic E-state index is -3.91. The van der Waals surface area contributed by atoms with Crippen molar-refractivity contribution in [3.05, 3.63) is 59.4 Å². The highest BCUT2D eigenvalue weighted by Gasteiger charge is 2.33. The maximum atomic E-state index is 13.2. The molecule has 2 aromatic carbocycles. The van der Waals surface area contributed by atoms with Crippen LogP contribution in [0.4, 0.5) is 5.69 Å². The zero-order valence-electron chi connectivity index (χ0n) is 17.3. The largest absolute Gasteiger partial charge is 0.373 e. The number of carbonyl (C=O) groups is 1. The Labute approximate surface area is 190 Å². The third-order valence-corrected chi connectivity index (χ3v) is 7.23. The molecule has 10 nitrogen and oxygen atoms in total. The second kappa shape index (κ2) is 8.94. The molecule has 2 atom stereocenters. The van der Waals surface area contributed by atoms with Gasteiger partial charge in [-0.1, -0.05) is 17.7 Å². The molecule has 0 radical (unpaired) electrons. The van der Waals surface area contributed by atoms with Crippen molar-refractivity contribution < 1.29 is 17.9 Å². The Hall–Kier alpha value is -2.86. The maximum Gasteiger partial charge on any atom is 0.255 e. The van der Waals surface area contributed by atoms with Crippen molar-refractivity contribution in [2.24, 2.45) is 0 Å². The van der Waals surface area contributed by atoms with Gasteiger partial charge in [-0.25, -0.2) is 13.1 Å². The van der Waals surface area contributed by atoms with Crippen molar-refractivity contribution in [3.8, 4) is 5.69 Å². The number of sulfonamides is 1. The second-order valence-electron chi connectivity index (χ2n) is 7.48. The fraction of sp³-hybridized carbons (Fsp3) is 0.300. The van der Waals surface area contributed by atoms with Gasteiger partial charge in [-0.3, -0.25) is 4.79 Å². The number of morpholine rings is 1. The number of rotatable bonds is 5. The Kier molecular flexibility index (Phi) is 6.24. The van der Waals surface area contributed by atoms with E-state index in [0.717, 1.165) is 0 Å². The van der Waals surface area contributed by atoms with Crippen molar-refractivity contribution in [3.63, 3.8) is 0 Å². The van der Waals surface area contributed by atoms with Crippen LogP contribution in [-0.4, -0.2) is 64.1 Å². The normalized spacial score (nSPS) is 19.6. The molecule has 0 saturated carbocycles. The van der Waals surface area contributed by atoms with Gasteiger partial charge in [0.25, 0.3) is 5.91 Å². The Bertz CT molecular complexity index is 1220. The predicted octanol–water partition coefficient (Wildman–Crippen LogP) is 2.37. The maximum absolute atomic E-state index is 13.2. The Morgan fingerprint density at radius 1 is 1.16 bits per heavy atom. The number of nitrogens with zero attached hydrogens (tertiary/aromatic N) is 5. The van der Waals surface area contributed by atoms with E-state index in [4.69, 9.17) is 16.3 Å². The van der Waals surface area contributed by atoms with Crippen LogP contribution in [0.5, 0.6) is 0 Å². The van der Waals surface area contributed by atoms with Gasteiger partial charge in [0.15, 0.2) is 0 Å². The number of amides is 1. The molecule has 2 unspecified atom stereocenters. The van der Waals surface area contributed by atoms with Gasteiger partial charge in [-0.05, 0) is 60.7 Å². The van der Waals surface area contributed by atoms with Gasteiger partial charge in [-0.2, -0.15) is 4.31 Å². The van der Waals surface area contributed by atoms with E-state index in [1.807, 2.05) is 13.8 Å². The summed E-state index contributed by atoms with van der Waals surface area (Å²) in [5, 5.41) is 13.8. The number of halogens is 1. The number of anilines is 1. The first-order valence-electron chi connectivity index (χ1n) is 9.84. The quantitative estimate of drug-likeness (QED) is 0.600. The summed E-state index contributed by atoms with van der Waals surface area (Å²) in [7, 11) is -3.91. The molecule has 1 saturated heterocycles. The first kappa shape index (κ1) is 22.3. The molecule has 2 heterocycles. The molecule has 0 aliphatic carbocycles. The minimum absolute atomic E-state index is 0.0500. The molecule has 1 aliphatic heterocycles. The lowest BCUT2D eigenvalue weighted by Crippen LogP contribution is -2.48. The zero-order chi connectivity index (χ0) is 22.9. The van der Waals surface area contributed by atoms with Crippen LogP contribution in [0.2, 0.25) is 5.02 Å². The summed E-state index contributed by atoms with van der Waals surface area (Å²) in [6.45, 7) is 4.05. The van der Waals surface area contributed by atoms with E-state index < -0.39 is 15.9 Å². The van der Waals surface area contributed by atoms with E-state index >= 15 is 0 Å². The van der Waals surface area contributed by atoms with Gasteiger partial charge in [0.2, 0.25) is 10.0 Å². The average Bonchev–Trinajstić information content (AvgIpc) is 3.28. The van der Waals surface area contributed by atoms with Crippen LogP contribution in [0.15, 0.2) is 53.7 Å². The van der Waals surface area contributed by atoms with Crippen LogP contribution in [0.1, 0.15) is 24.2 Å². The fourth-order valence-electron chi connectivity index (χ4n) is 3.52. The number of hydrogen-bond donors (Lipinski definition) is 1. The van der Waals surface area contributed by atoms with Crippen molar-refractivity contribution in [1.29, 1.82) is 0 Å². The highest BCUT2D eigenvalue weighted by atomic mass is 35.5. The molecular formula is C20H21ClN6O4S. The van der Waals surface area contributed by atoms with E-state index in [1.54, 1.807) is 24.3 Å². The van der Waals surface area contributed by atoms with E-state index in [-0.39, 0.29) is 40.8 Å². The van der Waals surface area contributed by atoms with E-state index in [0.29, 0.717) is 11.4 Å². The van der Waals surface area contributed by atoms with E-state index in [2.05, 4.69) is 20.8 Å². The first-order valence-corrected chi connectivity index (χ1v) is 11.7. The van der Waals surface area contributed by atoms with Gasteiger partial charge in [0.1, 0.15) is 11.2 Å².